The van der Waals surface area contributed by atoms with Crippen molar-refractivity contribution in [2.24, 2.45) is 5.73 Å². The lowest BCUT2D eigenvalue weighted by atomic mass is 9.93. The van der Waals surface area contributed by atoms with Gasteiger partial charge in [-0.15, -0.1) is 0 Å². The Morgan fingerprint density at radius 1 is 1.23 bits per heavy atom. The number of halogens is 1. The number of amides is 3. The molecule has 0 bridgehead atoms. The molecule has 0 aromatic heterocycles. The van der Waals surface area contributed by atoms with Gasteiger partial charge in [0.25, 0.3) is 0 Å². The summed E-state index contributed by atoms with van der Waals surface area (Å²) in [5.74, 6) is -0.513. The molecule has 3 amide bonds. The van der Waals surface area contributed by atoms with Crippen molar-refractivity contribution >= 4 is 23.5 Å². The average molecular weight is 431 g/mol. The van der Waals surface area contributed by atoms with Gasteiger partial charge in [0.05, 0.1) is 6.54 Å². The van der Waals surface area contributed by atoms with E-state index in [9.17, 15) is 14.7 Å². The summed E-state index contributed by atoms with van der Waals surface area (Å²) in [6.45, 7) is 4.23. The summed E-state index contributed by atoms with van der Waals surface area (Å²) in [6.07, 6.45) is 1.46. The Hall–Kier alpha value is -2.25. The predicted octanol–water partition coefficient (Wildman–Crippen LogP) is 3.44. The van der Waals surface area contributed by atoms with E-state index in [0.717, 1.165) is 24.0 Å². The fourth-order valence-electron chi connectivity index (χ4n) is 4.32. The van der Waals surface area contributed by atoms with Gasteiger partial charge in [-0.3, -0.25) is 0 Å². The molecule has 2 aromatic rings. The van der Waals surface area contributed by atoms with Crippen molar-refractivity contribution in [3.63, 3.8) is 0 Å². The molecular weight excluding hydrogens is 402 g/mol. The number of nitrogens with two attached hydrogens (primary N) is 1. The zero-order valence-electron chi connectivity index (χ0n) is 17.4. The van der Waals surface area contributed by atoms with Crippen LogP contribution in [0, 0.1) is 0 Å². The molecule has 160 valence electrons. The highest BCUT2D eigenvalue weighted by atomic mass is 35.5. The fraction of sp³-hybridized carbons (Fsp3) is 0.391. The van der Waals surface area contributed by atoms with E-state index in [4.69, 9.17) is 17.3 Å². The van der Waals surface area contributed by atoms with Gasteiger partial charge in [0.15, 0.2) is 0 Å². The molecule has 1 saturated heterocycles. The second kappa shape index (κ2) is 8.86. The van der Waals surface area contributed by atoms with Crippen molar-refractivity contribution in [1.82, 2.24) is 5.32 Å². The first kappa shape index (κ1) is 22.4. The van der Waals surface area contributed by atoms with Gasteiger partial charge in [-0.2, -0.15) is 4.48 Å². The molecular formula is C23H29ClN3O3+. The number of carbonyl (C=O) groups is 2. The maximum Gasteiger partial charge on any atom is 0.424 e. The quantitative estimate of drug-likeness (QED) is 0.633. The Kier molecular flexibility index (Phi) is 6.62. The first-order chi connectivity index (χ1) is 14.2. The number of hydrogen-bond donors (Lipinski definition) is 3. The number of nitrogens with one attached hydrogen (secondary N) is 1. The Balaban J connectivity index is 1.90. The smallest absolute Gasteiger partial charge is 0.372 e. The van der Waals surface area contributed by atoms with Crippen LogP contribution in [0.15, 0.2) is 48.5 Å². The molecule has 30 heavy (non-hydrogen) atoms. The second-order valence-corrected chi connectivity index (χ2v) is 8.54. The second-order valence-electron chi connectivity index (χ2n) is 8.10. The lowest BCUT2D eigenvalue weighted by Gasteiger charge is -2.37. The Bertz CT molecular complexity index is 933. The van der Waals surface area contributed by atoms with Crippen LogP contribution < -0.4 is 11.1 Å². The van der Waals surface area contributed by atoms with E-state index in [2.05, 4.69) is 5.32 Å². The number of quaternary nitrogens is 1. The third-order valence-corrected chi connectivity index (χ3v) is 6.42. The topological polar surface area (TPSA) is 92.4 Å². The minimum absolute atomic E-state index is 0.208. The third kappa shape index (κ3) is 4.01. The Morgan fingerprint density at radius 2 is 1.93 bits per heavy atom. The van der Waals surface area contributed by atoms with E-state index in [1.165, 1.54) is 6.92 Å². The molecule has 6 nitrogen and oxygen atoms in total. The van der Waals surface area contributed by atoms with Crippen molar-refractivity contribution < 1.29 is 19.2 Å². The predicted molar refractivity (Wildman–Crippen MR) is 116 cm³/mol. The Morgan fingerprint density at radius 3 is 2.53 bits per heavy atom. The van der Waals surface area contributed by atoms with Gasteiger partial charge in [0, 0.05) is 31.0 Å². The van der Waals surface area contributed by atoms with Gasteiger partial charge in [-0.1, -0.05) is 48.0 Å². The summed E-state index contributed by atoms with van der Waals surface area (Å²) >= 11 is 6.10. The number of rotatable bonds is 5. The number of nitrogens with zero attached hydrogens (tertiary/aromatic N) is 1. The van der Waals surface area contributed by atoms with Crippen LogP contribution in [-0.2, 0) is 23.5 Å². The molecule has 0 spiro atoms. The molecule has 3 atom stereocenters. The van der Waals surface area contributed by atoms with Gasteiger partial charge in [-0.25, -0.2) is 9.59 Å². The number of likely N-dealkylation sites (tertiary alicyclic amines) is 1. The van der Waals surface area contributed by atoms with E-state index in [1.807, 2.05) is 19.1 Å². The number of benzene rings is 2. The third-order valence-electron chi connectivity index (χ3n) is 6.18. The van der Waals surface area contributed by atoms with E-state index in [1.54, 1.807) is 36.4 Å². The van der Waals surface area contributed by atoms with Gasteiger partial charge in [0.2, 0.25) is 5.60 Å². The van der Waals surface area contributed by atoms with Crippen LogP contribution in [0.3, 0.4) is 0 Å². The van der Waals surface area contributed by atoms with Crippen molar-refractivity contribution in [1.29, 1.82) is 0 Å². The van der Waals surface area contributed by atoms with Crippen LogP contribution in [0.25, 0.3) is 0 Å². The SMILES string of the molecule is C[C@@H]1CCC[N+]1(C(=O)NCc1cc(Cl)ccc1CN)C(=O)[C@@](C)(O)c1ccccc1. The molecule has 1 aliphatic rings. The van der Waals surface area contributed by atoms with Crippen molar-refractivity contribution in [2.45, 2.75) is 51.4 Å². The summed E-state index contributed by atoms with van der Waals surface area (Å²) in [4.78, 5) is 27.1. The molecule has 1 aliphatic heterocycles. The van der Waals surface area contributed by atoms with Gasteiger partial charge in [-0.05, 0) is 42.7 Å². The monoisotopic (exact) mass is 430 g/mol. The maximum atomic E-state index is 13.7. The fourth-order valence-corrected chi connectivity index (χ4v) is 4.51. The largest absolute Gasteiger partial charge is 0.424 e. The van der Waals surface area contributed by atoms with Crippen LogP contribution in [0.1, 0.15) is 43.4 Å². The van der Waals surface area contributed by atoms with Gasteiger partial charge < -0.3 is 16.2 Å². The summed E-state index contributed by atoms with van der Waals surface area (Å²) in [5.41, 5.74) is 6.18. The standard InChI is InChI=1S/C23H28ClN3O3/c1-16-7-6-12-27(16,21(28)23(2,30)19-8-4-3-5-9-19)22(29)26-15-18-13-20(24)11-10-17(18)14-25/h3-5,8-11,13,16,30H,6-7,12,14-15,25H2,1-2H3/p+1/t16-,23+,27?/m1/s1. The van der Waals surface area contributed by atoms with Gasteiger partial charge >= 0.3 is 11.9 Å². The highest BCUT2D eigenvalue weighted by Crippen LogP contribution is 2.35. The normalized spacial score (nSPS) is 23.0. The summed E-state index contributed by atoms with van der Waals surface area (Å²) < 4.78 is -0.430. The van der Waals surface area contributed by atoms with Crippen LogP contribution in [-0.4, -0.2) is 34.1 Å². The number of hydrogen-bond acceptors (Lipinski definition) is 4. The summed E-state index contributed by atoms with van der Waals surface area (Å²) in [7, 11) is 0. The lowest BCUT2D eigenvalue weighted by Crippen LogP contribution is -2.67. The first-order valence-electron chi connectivity index (χ1n) is 10.2. The number of carbonyl (C=O) groups excluding carboxylic acids is 2. The molecule has 1 heterocycles. The molecule has 4 N–H and O–H groups in total. The molecule has 3 rings (SSSR count). The molecule has 1 unspecified atom stereocenters. The van der Waals surface area contributed by atoms with Crippen LogP contribution >= 0.6 is 11.6 Å². The highest BCUT2D eigenvalue weighted by Gasteiger charge is 2.58. The van der Waals surface area contributed by atoms with Crippen molar-refractivity contribution in [2.75, 3.05) is 6.54 Å². The average Bonchev–Trinajstić information content (AvgIpc) is 3.14. The number of urea groups is 1. The molecule has 0 saturated carbocycles. The molecule has 1 fully saturated rings. The highest BCUT2D eigenvalue weighted by molar-refractivity contribution is 6.30. The number of imide groups is 1. The molecule has 2 aromatic carbocycles. The molecule has 0 aliphatic carbocycles. The maximum absolute atomic E-state index is 13.7. The summed E-state index contributed by atoms with van der Waals surface area (Å²) in [6, 6.07) is 13.5. The van der Waals surface area contributed by atoms with Crippen LogP contribution in [0.2, 0.25) is 5.02 Å². The van der Waals surface area contributed by atoms with E-state index in [-0.39, 0.29) is 12.6 Å². The van der Waals surface area contributed by atoms with Crippen molar-refractivity contribution in [3.8, 4) is 0 Å². The minimum atomic E-state index is -1.78. The van der Waals surface area contributed by atoms with Crippen molar-refractivity contribution in [3.05, 3.63) is 70.2 Å². The van der Waals surface area contributed by atoms with Gasteiger partial charge in [0.1, 0.15) is 6.04 Å². The van der Waals surface area contributed by atoms with E-state index < -0.39 is 22.0 Å². The zero-order valence-corrected chi connectivity index (χ0v) is 18.2. The van der Waals surface area contributed by atoms with E-state index >= 15 is 0 Å². The van der Waals surface area contributed by atoms with Crippen LogP contribution in [0.4, 0.5) is 4.79 Å². The lowest BCUT2D eigenvalue weighted by molar-refractivity contribution is -0.789. The minimum Gasteiger partial charge on any atom is -0.372 e. The first-order valence-corrected chi connectivity index (χ1v) is 10.6. The van der Waals surface area contributed by atoms with E-state index in [0.29, 0.717) is 23.7 Å². The molecule has 7 heteroatoms. The Labute approximate surface area is 182 Å². The molecule has 0 radical (unpaired) electrons. The number of aliphatic hydroxyl groups is 1. The summed E-state index contributed by atoms with van der Waals surface area (Å²) in [5, 5.41) is 14.6. The zero-order chi connectivity index (χ0) is 21.9. The van der Waals surface area contributed by atoms with Crippen LogP contribution in [0.5, 0.6) is 0 Å².